The van der Waals surface area contributed by atoms with Crippen molar-refractivity contribution >= 4 is 5.97 Å². The van der Waals surface area contributed by atoms with Gasteiger partial charge in [-0.1, -0.05) is 45.6 Å². The Morgan fingerprint density at radius 2 is 1.60 bits per heavy atom. The molecule has 0 saturated heterocycles. The maximum atomic E-state index is 11.1. The fourth-order valence-electron chi connectivity index (χ4n) is 1.97. The quantitative estimate of drug-likeness (QED) is 0.280. The first-order valence-corrected chi connectivity index (χ1v) is 8.02. The summed E-state index contributed by atoms with van der Waals surface area (Å²) in [6, 6.07) is 0. The molecule has 3 heteroatoms. The molecule has 0 radical (unpaired) electrons. The van der Waals surface area contributed by atoms with Crippen LogP contribution in [0.25, 0.3) is 0 Å². The van der Waals surface area contributed by atoms with E-state index in [1.165, 1.54) is 25.7 Å². The predicted octanol–water partition coefficient (Wildman–Crippen LogP) is 4.65. The first kappa shape index (κ1) is 19.2. The lowest BCUT2D eigenvalue weighted by atomic mass is 10.1. The summed E-state index contributed by atoms with van der Waals surface area (Å²) >= 11 is 0. The van der Waals surface area contributed by atoms with Crippen LogP contribution < -0.4 is 0 Å². The minimum absolute atomic E-state index is 0.275. The number of carbonyl (C=O) groups excluding carboxylic acids is 1. The third-order valence-corrected chi connectivity index (χ3v) is 3.22. The Balaban J connectivity index is 3.17. The van der Waals surface area contributed by atoms with E-state index in [1.54, 1.807) is 6.92 Å². The van der Waals surface area contributed by atoms with Crippen molar-refractivity contribution in [3.05, 3.63) is 12.2 Å². The second-order valence-electron chi connectivity index (χ2n) is 5.51. The molecule has 0 aromatic heterocycles. The molecular formula is C17H32O3. The highest BCUT2D eigenvalue weighted by Crippen LogP contribution is 2.08. The Kier molecular flexibility index (Phi) is 12.6. The standard InChI is InChI=1S/C17H32O3/c1-5-12-16(4)19-13-10-8-6-7-9-11-14-20-17(18)15(2)3/h16H,2,5-14H2,1,3-4H3. The number of hydrogen-bond acceptors (Lipinski definition) is 3. The molecule has 0 N–H and O–H groups in total. The smallest absolute Gasteiger partial charge is 0.333 e. The van der Waals surface area contributed by atoms with Gasteiger partial charge in [0.1, 0.15) is 0 Å². The molecule has 0 saturated carbocycles. The van der Waals surface area contributed by atoms with Crippen LogP contribution in [0.2, 0.25) is 0 Å². The third-order valence-electron chi connectivity index (χ3n) is 3.22. The van der Waals surface area contributed by atoms with Gasteiger partial charge >= 0.3 is 5.97 Å². The summed E-state index contributed by atoms with van der Waals surface area (Å²) in [5, 5.41) is 0. The highest BCUT2D eigenvalue weighted by molar-refractivity contribution is 5.86. The molecule has 0 fully saturated rings. The summed E-state index contributed by atoms with van der Waals surface area (Å²) in [5.41, 5.74) is 0.474. The molecule has 1 atom stereocenters. The minimum Gasteiger partial charge on any atom is -0.462 e. The third kappa shape index (κ3) is 12.2. The van der Waals surface area contributed by atoms with Crippen LogP contribution in [-0.2, 0) is 14.3 Å². The Morgan fingerprint density at radius 3 is 2.15 bits per heavy atom. The van der Waals surface area contributed by atoms with Crippen LogP contribution in [0.3, 0.4) is 0 Å². The van der Waals surface area contributed by atoms with Gasteiger partial charge < -0.3 is 9.47 Å². The molecule has 20 heavy (non-hydrogen) atoms. The van der Waals surface area contributed by atoms with Gasteiger partial charge in [0, 0.05) is 12.2 Å². The molecule has 0 spiro atoms. The average molecular weight is 284 g/mol. The number of esters is 1. The minimum atomic E-state index is -0.275. The number of ether oxygens (including phenoxy) is 2. The van der Waals surface area contributed by atoms with Gasteiger partial charge in [0.25, 0.3) is 0 Å². The fourth-order valence-corrected chi connectivity index (χ4v) is 1.97. The lowest BCUT2D eigenvalue weighted by Gasteiger charge is -2.11. The molecule has 0 bridgehead atoms. The molecule has 1 unspecified atom stereocenters. The highest BCUT2D eigenvalue weighted by atomic mass is 16.5. The van der Waals surface area contributed by atoms with Gasteiger partial charge in [0.2, 0.25) is 0 Å². The van der Waals surface area contributed by atoms with Crippen LogP contribution in [0.5, 0.6) is 0 Å². The van der Waals surface area contributed by atoms with Crippen LogP contribution in [0, 0.1) is 0 Å². The summed E-state index contributed by atoms with van der Waals surface area (Å²) in [6.45, 7) is 11.0. The summed E-state index contributed by atoms with van der Waals surface area (Å²) in [4.78, 5) is 11.1. The van der Waals surface area contributed by atoms with Crippen LogP contribution in [0.1, 0.15) is 72.1 Å². The molecule has 118 valence electrons. The number of rotatable bonds is 13. The van der Waals surface area contributed by atoms with E-state index in [2.05, 4.69) is 20.4 Å². The van der Waals surface area contributed by atoms with Crippen molar-refractivity contribution in [3.63, 3.8) is 0 Å². The molecule has 0 aliphatic carbocycles. The highest BCUT2D eigenvalue weighted by Gasteiger charge is 2.02. The number of carbonyl (C=O) groups is 1. The molecule has 0 heterocycles. The Hall–Kier alpha value is -0.830. The van der Waals surface area contributed by atoms with E-state index in [0.29, 0.717) is 18.3 Å². The zero-order chi connectivity index (χ0) is 15.2. The van der Waals surface area contributed by atoms with Gasteiger partial charge in [-0.2, -0.15) is 0 Å². The number of hydrogen-bond donors (Lipinski definition) is 0. The van der Waals surface area contributed by atoms with E-state index in [4.69, 9.17) is 9.47 Å². The second kappa shape index (κ2) is 13.2. The van der Waals surface area contributed by atoms with Crippen molar-refractivity contribution in [2.45, 2.75) is 78.2 Å². The Morgan fingerprint density at radius 1 is 1.05 bits per heavy atom. The zero-order valence-electron chi connectivity index (χ0n) is 13.6. The molecule has 0 amide bonds. The van der Waals surface area contributed by atoms with E-state index in [1.807, 2.05) is 0 Å². The van der Waals surface area contributed by atoms with E-state index in [9.17, 15) is 4.79 Å². The van der Waals surface area contributed by atoms with Crippen molar-refractivity contribution in [2.75, 3.05) is 13.2 Å². The van der Waals surface area contributed by atoms with Crippen molar-refractivity contribution < 1.29 is 14.3 Å². The van der Waals surface area contributed by atoms with Crippen LogP contribution in [0.15, 0.2) is 12.2 Å². The number of unbranched alkanes of at least 4 members (excludes halogenated alkanes) is 5. The maximum absolute atomic E-state index is 11.1. The largest absolute Gasteiger partial charge is 0.462 e. The summed E-state index contributed by atoms with van der Waals surface area (Å²) < 4.78 is 10.7. The summed E-state index contributed by atoms with van der Waals surface area (Å²) in [7, 11) is 0. The van der Waals surface area contributed by atoms with Crippen LogP contribution >= 0.6 is 0 Å². The SMILES string of the molecule is C=C(C)C(=O)OCCCCCCCCOC(C)CCC. The lowest BCUT2D eigenvalue weighted by molar-refractivity contribution is -0.139. The van der Waals surface area contributed by atoms with Crippen LogP contribution in [0.4, 0.5) is 0 Å². The topological polar surface area (TPSA) is 35.5 Å². The molecule has 0 aromatic rings. The van der Waals surface area contributed by atoms with Gasteiger partial charge in [0.05, 0.1) is 12.7 Å². The van der Waals surface area contributed by atoms with Gasteiger partial charge in [0.15, 0.2) is 0 Å². The van der Waals surface area contributed by atoms with Crippen molar-refractivity contribution in [1.82, 2.24) is 0 Å². The maximum Gasteiger partial charge on any atom is 0.333 e. The average Bonchev–Trinajstić information content (AvgIpc) is 2.40. The first-order valence-electron chi connectivity index (χ1n) is 8.02. The van der Waals surface area contributed by atoms with Gasteiger partial charge in [-0.05, 0) is 33.1 Å². The van der Waals surface area contributed by atoms with Crippen molar-refractivity contribution in [3.8, 4) is 0 Å². The molecule has 3 nitrogen and oxygen atoms in total. The second-order valence-corrected chi connectivity index (χ2v) is 5.51. The van der Waals surface area contributed by atoms with Crippen LogP contribution in [-0.4, -0.2) is 25.3 Å². The predicted molar refractivity (Wildman–Crippen MR) is 83.8 cm³/mol. The van der Waals surface area contributed by atoms with Crippen molar-refractivity contribution in [1.29, 1.82) is 0 Å². The molecule has 0 aliphatic rings. The lowest BCUT2D eigenvalue weighted by Crippen LogP contribution is -2.08. The fraction of sp³-hybridized carbons (Fsp3) is 0.824. The normalized spacial score (nSPS) is 12.2. The summed E-state index contributed by atoms with van der Waals surface area (Å²) in [5.74, 6) is -0.275. The van der Waals surface area contributed by atoms with E-state index in [0.717, 1.165) is 32.3 Å². The first-order chi connectivity index (χ1) is 9.57. The molecule has 0 rings (SSSR count). The Labute approximate surface area is 124 Å². The monoisotopic (exact) mass is 284 g/mol. The van der Waals surface area contributed by atoms with E-state index in [-0.39, 0.29) is 5.97 Å². The zero-order valence-corrected chi connectivity index (χ0v) is 13.6. The Bertz CT molecular complexity index is 261. The molecule has 0 aliphatic heterocycles. The van der Waals surface area contributed by atoms with E-state index >= 15 is 0 Å². The van der Waals surface area contributed by atoms with Gasteiger partial charge in [-0.15, -0.1) is 0 Å². The van der Waals surface area contributed by atoms with Crippen molar-refractivity contribution in [2.24, 2.45) is 0 Å². The molecule has 0 aromatic carbocycles. The van der Waals surface area contributed by atoms with E-state index < -0.39 is 0 Å². The summed E-state index contributed by atoms with van der Waals surface area (Å²) in [6.07, 6.45) is 9.64. The van der Waals surface area contributed by atoms with Gasteiger partial charge in [-0.3, -0.25) is 0 Å². The molecular weight excluding hydrogens is 252 g/mol. The van der Waals surface area contributed by atoms with Gasteiger partial charge in [-0.25, -0.2) is 4.79 Å².